The van der Waals surface area contributed by atoms with E-state index < -0.39 is 5.43 Å². The van der Waals surface area contributed by atoms with Gasteiger partial charge in [0.15, 0.2) is 0 Å². The van der Waals surface area contributed by atoms with Crippen LogP contribution in [0.1, 0.15) is 0 Å². The third kappa shape index (κ3) is 2.10. The van der Waals surface area contributed by atoms with Crippen LogP contribution in [-0.2, 0) is 0 Å². The van der Waals surface area contributed by atoms with Crippen LogP contribution in [-0.4, -0.2) is 22.4 Å². The summed E-state index contributed by atoms with van der Waals surface area (Å²) in [7, 11) is 1.37. The van der Waals surface area contributed by atoms with E-state index in [9.17, 15) is 20.1 Å². The van der Waals surface area contributed by atoms with E-state index >= 15 is 0 Å². The van der Waals surface area contributed by atoms with Crippen LogP contribution in [0.3, 0.4) is 0 Å². The Balaban J connectivity index is 2.35. The highest BCUT2D eigenvalue weighted by Gasteiger charge is 2.16. The Morgan fingerprint density at radius 3 is 2.45 bits per heavy atom. The summed E-state index contributed by atoms with van der Waals surface area (Å²) in [6.45, 7) is 0. The van der Waals surface area contributed by atoms with Crippen molar-refractivity contribution in [2.75, 3.05) is 7.11 Å². The topological polar surface area (TPSA) is 100 Å². The Bertz CT molecular complexity index is 926. The SMILES string of the molecule is COc1cc(O)cc2occ(-c3ccc(O)cc3O)c(=O)c12. The van der Waals surface area contributed by atoms with Gasteiger partial charge in [-0.15, -0.1) is 0 Å². The molecular formula is C16H12O6. The molecule has 2 aromatic carbocycles. The minimum atomic E-state index is -0.418. The van der Waals surface area contributed by atoms with Crippen molar-refractivity contribution in [3.05, 3.63) is 46.8 Å². The molecule has 6 nitrogen and oxygen atoms in total. The van der Waals surface area contributed by atoms with Gasteiger partial charge in [-0.05, 0) is 12.1 Å². The quantitative estimate of drug-likeness (QED) is 0.672. The van der Waals surface area contributed by atoms with Gasteiger partial charge in [-0.2, -0.15) is 0 Å². The molecule has 0 radical (unpaired) electrons. The van der Waals surface area contributed by atoms with E-state index in [-0.39, 0.29) is 45.1 Å². The van der Waals surface area contributed by atoms with E-state index in [4.69, 9.17) is 9.15 Å². The van der Waals surface area contributed by atoms with Crippen molar-refractivity contribution >= 4 is 11.0 Å². The minimum Gasteiger partial charge on any atom is -0.508 e. The standard InChI is InChI=1S/C16H12O6/c1-21-13-5-9(18)6-14-15(13)16(20)11(7-22-14)10-3-2-8(17)4-12(10)19/h2-7,17-19H,1H3. The van der Waals surface area contributed by atoms with Gasteiger partial charge in [0.05, 0.1) is 12.7 Å². The van der Waals surface area contributed by atoms with Gasteiger partial charge < -0.3 is 24.5 Å². The van der Waals surface area contributed by atoms with Gasteiger partial charge in [0, 0.05) is 23.8 Å². The molecule has 0 saturated heterocycles. The molecule has 6 heteroatoms. The molecule has 0 amide bonds. The Hall–Kier alpha value is -3.15. The number of fused-ring (bicyclic) bond motifs is 1. The van der Waals surface area contributed by atoms with Crippen LogP contribution in [0.5, 0.6) is 23.0 Å². The lowest BCUT2D eigenvalue weighted by molar-refractivity contribution is 0.411. The molecule has 1 heterocycles. The molecule has 0 unspecified atom stereocenters. The number of phenolic OH excluding ortho intramolecular Hbond substituents is 3. The Morgan fingerprint density at radius 2 is 1.77 bits per heavy atom. The van der Waals surface area contributed by atoms with E-state index in [1.165, 1.54) is 37.6 Å². The van der Waals surface area contributed by atoms with Crippen LogP contribution in [0.2, 0.25) is 0 Å². The van der Waals surface area contributed by atoms with E-state index in [1.807, 2.05) is 0 Å². The smallest absolute Gasteiger partial charge is 0.204 e. The van der Waals surface area contributed by atoms with Gasteiger partial charge in [0.2, 0.25) is 5.43 Å². The summed E-state index contributed by atoms with van der Waals surface area (Å²) in [6, 6.07) is 6.51. The van der Waals surface area contributed by atoms with E-state index in [0.29, 0.717) is 0 Å². The molecule has 0 saturated carbocycles. The first-order valence-electron chi connectivity index (χ1n) is 6.36. The van der Waals surface area contributed by atoms with E-state index in [1.54, 1.807) is 0 Å². The normalized spacial score (nSPS) is 10.8. The zero-order chi connectivity index (χ0) is 15.9. The lowest BCUT2D eigenvalue weighted by atomic mass is 10.0. The van der Waals surface area contributed by atoms with Crippen LogP contribution >= 0.6 is 0 Å². The molecule has 1 aromatic heterocycles. The van der Waals surface area contributed by atoms with E-state index in [0.717, 1.165) is 6.07 Å². The van der Waals surface area contributed by atoms with Gasteiger partial charge in [-0.1, -0.05) is 0 Å². The van der Waals surface area contributed by atoms with Crippen molar-refractivity contribution < 1.29 is 24.5 Å². The summed E-state index contributed by atoms with van der Waals surface area (Å²) in [4.78, 5) is 12.7. The zero-order valence-corrected chi connectivity index (χ0v) is 11.5. The highest BCUT2D eigenvalue weighted by molar-refractivity contribution is 5.89. The largest absolute Gasteiger partial charge is 0.508 e. The number of rotatable bonds is 2. The Kier molecular flexibility index (Phi) is 3.14. The average Bonchev–Trinajstić information content (AvgIpc) is 2.47. The van der Waals surface area contributed by atoms with Crippen LogP contribution in [0.15, 0.2) is 45.8 Å². The maximum Gasteiger partial charge on any atom is 0.204 e. The van der Waals surface area contributed by atoms with Crippen molar-refractivity contribution in [3.63, 3.8) is 0 Å². The number of methoxy groups -OCH3 is 1. The number of hydrogen-bond donors (Lipinski definition) is 3. The monoisotopic (exact) mass is 300 g/mol. The van der Waals surface area contributed by atoms with Gasteiger partial charge in [0.1, 0.15) is 40.2 Å². The second kappa shape index (κ2) is 5.00. The third-order valence-electron chi connectivity index (χ3n) is 3.32. The molecule has 0 fully saturated rings. The molecule has 0 spiro atoms. The molecule has 0 aliphatic heterocycles. The highest BCUT2D eigenvalue weighted by atomic mass is 16.5. The molecule has 0 bridgehead atoms. The van der Waals surface area contributed by atoms with Crippen LogP contribution in [0.4, 0.5) is 0 Å². The first kappa shape index (κ1) is 13.8. The fourth-order valence-corrected chi connectivity index (χ4v) is 2.30. The predicted octanol–water partition coefficient (Wildman–Crippen LogP) is 2.59. The Morgan fingerprint density at radius 1 is 1.00 bits per heavy atom. The summed E-state index contributed by atoms with van der Waals surface area (Å²) in [5.41, 5.74) is 0.0977. The molecule has 0 aliphatic carbocycles. The summed E-state index contributed by atoms with van der Waals surface area (Å²) in [5, 5.41) is 29.0. The maximum atomic E-state index is 12.7. The van der Waals surface area contributed by atoms with Crippen molar-refractivity contribution in [1.29, 1.82) is 0 Å². The molecule has 0 atom stereocenters. The van der Waals surface area contributed by atoms with Crippen LogP contribution in [0, 0.1) is 0 Å². The predicted molar refractivity (Wildman–Crippen MR) is 79.5 cm³/mol. The lowest BCUT2D eigenvalue weighted by Gasteiger charge is -2.08. The second-order valence-corrected chi connectivity index (χ2v) is 4.70. The van der Waals surface area contributed by atoms with Gasteiger partial charge in [-0.3, -0.25) is 4.79 Å². The number of aromatic hydroxyl groups is 3. The molecule has 3 aromatic rings. The average molecular weight is 300 g/mol. The molecular weight excluding hydrogens is 288 g/mol. The van der Waals surface area contributed by atoms with Crippen LogP contribution < -0.4 is 10.2 Å². The number of ether oxygens (including phenoxy) is 1. The summed E-state index contributed by atoms with van der Waals surface area (Å²) in [5.74, 6) is -0.282. The molecule has 3 N–H and O–H groups in total. The van der Waals surface area contributed by atoms with Crippen LogP contribution in [0.25, 0.3) is 22.1 Å². The molecule has 0 aliphatic rings. The number of benzene rings is 2. The first-order chi connectivity index (χ1) is 10.5. The third-order valence-corrected chi connectivity index (χ3v) is 3.32. The first-order valence-corrected chi connectivity index (χ1v) is 6.36. The highest BCUT2D eigenvalue weighted by Crippen LogP contribution is 2.34. The zero-order valence-electron chi connectivity index (χ0n) is 11.5. The maximum absolute atomic E-state index is 12.7. The molecule has 112 valence electrons. The minimum absolute atomic E-state index is 0.0901. The van der Waals surface area contributed by atoms with E-state index in [2.05, 4.69) is 0 Å². The fourth-order valence-electron chi connectivity index (χ4n) is 2.30. The number of phenols is 3. The fraction of sp³-hybridized carbons (Fsp3) is 0.0625. The van der Waals surface area contributed by atoms with Gasteiger partial charge in [0.25, 0.3) is 0 Å². The van der Waals surface area contributed by atoms with Gasteiger partial charge >= 0.3 is 0 Å². The number of hydrogen-bond acceptors (Lipinski definition) is 6. The van der Waals surface area contributed by atoms with Gasteiger partial charge in [-0.25, -0.2) is 0 Å². The summed E-state index contributed by atoms with van der Waals surface area (Å²) in [6.07, 6.45) is 1.19. The van der Waals surface area contributed by atoms with Crippen molar-refractivity contribution in [2.24, 2.45) is 0 Å². The van der Waals surface area contributed by atoms with Crippen molar-refractivity contribution in [2.45, 2.75) is 0 Å². The van der Waals surface area contributed by atoms with Crippen molar-refractivity contribution in [1.82, 2.24) is 0 Å². The summed E-state index contributed by atoms with van der Waals surface area (Å²) >= 11 is 0. The summed E-state index contributed by atoms with van der Waals surface area (Å²) < 4.78 is 10.5. The molecule has 3 rings (SSSR count). The Labute approximate surface area is 124 Å². The lowest BCUT2D eigenvalue weighted by Crippen LogP contribution is -2.06. The molecule has 22 heavy (non-hydrogen) atoms. The second-order valence-electron chi connectivity index (χ2n) is 4.70. The van der Waals surface area contributed by atoms with Crippen molar-refractivity contribution in [3.8, 4) is 34.1 Å².